The first-order chi connectivity index (χ1) is 10.3. The van der Waals surface area contributed by atoms with Crippen molar-refractivity contribution in [3.8, 4) is 5.75 Å². The van der Waals surface area contributed by atoms with Crippen molar-refractivity contribution in [3.05, 3.63) is 18.2 Å². The van der Waals surface area contributed by atoms with E-state index in [1.54, 1.807) is 25.1 Å². The number of methoxy groups -OCH3 is 1. The van der Waals surface area contributed by atoms with Crippen LogP contribution < -0.4 is 20.1 Å². The Bertz CT molecular complexity index is 658. The predicted octanol–water partition coefficient (Wildman–Crippen LogP) is 0.911. The number of nitrogens with one attached hydrogen (secondary N) is 1. The summed E-state index contributed by atoms with van der Waals surface area (Å²) in [5.41, 5.74) is 6.44. The van der Waals surface area contributed by atoms with Crippen molar-refractivity contribution in [2.45, 2.75) is 25.8 Å². The van der Waals surface area contributed by atoms with Gasteiger partial charge < -0.3 is 15.8 Å². The third-order valence-electron chi connectivity index (χ3n) is 3.48. The minimum Gasteiger partial charge on any atom is -0.495 e. The van der Waals surface area contributed by atoms with Crippen LogP contribution in [0.5, 0.6) is 5.75 Å². The number of benzene rings is 1. The molecule has 1 heterocycles. The van der Waals surface area contributed by atoms with Crippen molar-refractivity contribution >= 4 is 27.3 Å². The molecule has 0 unspecified atom stereocenters. The number of anilines is 2. The lowest BCUT2D eigenvalue weighted by atomic mass is 10.2. The van der Waals surface area contributed by atoms with Crippen LogP contribution in [0.4, 0.5) is 11.4 Å². The first-order valence-corrected chi connectivity index (χ1v) is 8.71. The van der Waals surface area contributed by atoms with E-state index in [4.69, 9.17) is 10.5 Å². The highest BCUT2D eigenvalue weighted by molar-refractivity contribution is 7.92. The van der Waals surface area contributed by atoms with Crippen LogP contribution in [-0.2, 0) is 14.8 Å². The largest absolute Gasteiger partial charge is 0.495 e. The molecule has 22 heavy (non-hydrogen) atoms. The third-order valence-corrected chi connectivity index (χ3v) is 5.33. The highest BCUT2D eigenvalue weighted by Crippen LogP contribution is 2.35. The lowest BCUT2D eigenvalue weighted by Gasteiger charge is -2.29. The van der Waals surface area contributed by atoms with Gasteiger partial charge in [0.2, 0.25) is 15.9 Å². The lowest BCUT2D eigenvalue weighted by molar-refractivity contribution is -0.117. The molecule has 1 aliphatic heterocycles. The van der Waals surface area contributed by atoms with Crippen LogP contribution in [0.1, 0.15) is 19.8 Å². The fourth-order valence-electron chi connectivity index (χ4n) is 2.28. The number of carbonyl (C=O) groups is 1. The van der Waals surface area contributed by atoms with Crippen LogP contribution in [0.15, 0.2) is 18.2 Å². The number of carbonyl (C=O) groups excluding carboxylic acids is 1. The summed E-state index contributed by atoms with van der Waals surface area (Å²) < 4.78 is 31.1. The Hall–Kier alpha value is -1.80. The van der Waals surface area contributed by atoms with Gasteiger partial charge in [0.15, 0.2) is 0 Å². The van der Waals surface area contributed by atoms with Crippen molar-refractivity contribution in [2.24, 2.45) is 5.73 Å². The van der Waals surface area contributed by atoms with Crippen LogP contribution in [0.2, 0.25) is 0 Å². The molecule has 1 fully saturated rings. The number of sulfonamides is 1. The molecule has 1 saturated heterocycles. The van der Waals surface area contributed by atoms with Gasteiger partial charge in [-0.15, -0.1) is 0 Å². The highest BCUT2D eigenvalue weighted by atomic mass is 32.2. The standard InChI is InChI=1S/C14H21N3O4S/c1-10(15)14(18)16-11-5-6-13(21-2)12(9-11)17-7-3-4-8-22(17,19)20/h5-6,9-10H,3-4,7-8,15H2,1-2H3,(H,16,18)/t10-/m0/s1. The Morgan fingerprint density at radius 1 is 1.41 bits per heavy atom. The van der Waals surface area contributed by atoms with Gasteiger partial charge in [-0.1, -0.05) is 0 Å². The second kappa shape index (κ2) is 6.53. The molecule has 1 aliphatic rings. The van der Waals surface area contributed by atoms with Crippen LogP contribution >= 0.6 is 0 Å². The monoisotopic (exact) mass is 327 g/mol. The fraction of sp³-hybridized carbons (Fsp3) is 0.500. The van der Waals surface area contributed by atoms with Gasteiger partial charge in [-0.2, -0.15) is 0 Å². The number of hydrogen-bond acceptors (Lipinski definition) is 5. The van der Waals surface area contributed by atoms with Crippen molar-refractivity contribution < 1.29 is 17.9 Å². The number of rotatable bonds is 4. The summed E-state index contributed by atoms with van der Waals surface area (Å²) in [6.45, 7) is 1.98. The maximum Gasteiger partial charge on any atom is 0.240 e. The molecular weight excluding hydrogens is 306 g/mol. The number of hydrogen-bond donors (Lipinski definition) is 2. The predicted molar refractivity (Wildman–Crippen MR) is 85.6 cm³/mol. The number of nitrogens with zero attached hydrogens (tertiary/aromatic N) is 1. The lowest BCUT2D eigenvalue weighted by Crippen LogP contribution is -2.38. The molecule has 0 spiro atoms. The van der Waals surface area contributed by atoms with Crippen LogP contribution in [0.3, 0.4) is 0 Å². The zero-order valence-corrected chi connectivity index (χ0v) is 13.5. The summed E-state index contributed by atoms with van der Waals surface area (Å²) in [4.78, 5) is 11.7. The smallest absolute Gasteiger partial charge is 0.240 e. The molecule has 2 rings (SSSR count). The molecule has 1 aromatic rings. The first-order valence-electron chi connectivity index (χ1n) is 7.10. The molecule has 1 atom stereocenters. The molecule has 1 amide bonds. The van der Waals surface area contributed by atoms with Gasteiger partial charge in [0, 0.05) is 12.2 Å². The molecule has 0 aromatic heterocycles. The summed E-state index contributed by atoms with van der Waals surface area (Å²) >= 11 is 0. The Morgan fingerprint density at radius 2 is 2.14 bits per heavy atom. The van der Waals surface area contributed by atoms with Gasteiger partial charge in [-0.05, 0) is 38.0 Å². The van der Waals surface area contributed by atoms with Gasteiger partial charge in [-0.25, -0.2) is 8.42 Å². The number of ether oxygens (including phenoxy) is 1. The SMILES string of the molecule is COc1ccc(NC(=O)[C@H](C)N)cc1N1CCCCS1(=O)=O. The number of nitrogens with two attached hydrogens (primary N) is 1. The van der Waals surface area contributed by atoms with Gasteiger partial charge in [0.25, 0.3) is 0 Å². The summed E-state index contributed by atoms with van der Waals surface area (Å²) in [7, 11) is -1.87. The van der Waals surface area contributed by atoms with E-state index in [-0.39, 0.29) is 11.7 Å². The van der Waals surface area contributed by atoms with E-state index in [1.165, 1.54) is 11.4 Å². The van der Waals surface area contributed by atoms with Crippen molar-refractivity contribution in [3.63, 3.8) is 0 Å². The molecule has 0 saturated carbocycles. The topological polar surface area (TPSA) is 102 Å². The van der Waals surface area contributed by atoms with Gasteiger partial charge in [-0.3, -0.25) is 9.10 Å². The first kappa shape index (κ1) is 16.6. The molecule has 0 bridgehead atoms. The molecule has 122 valence electrons. The van der Waals surface area contributed by atoms with Crippen molar-refractivity contribution in [2.75, 3.05) is 29.0 Å². The highest BCUT2D eigenvalue weighted by Gasteiger charge is 2.28. The van der Waals surface area contributed by atoms with Crippen molar-refractivity contribution in [1.29, 1.82) is 0 Å². The minimum absolute atomic E-state index is 0.118. The molecule has 8 heteroatoms. The number of amides is 1. The van der Waals surface area contributed by atoms with Crippen LogP contribution in [0, 0.1) is 0 Å². The van der Waals surface area contributed by atoms with E-state index >= 15 is 0 Å². The van der Waals surface area contributed by atoms with Gasteiger partial charge >= 0.3 is 0 Å². The second-order valence-corrected chi connectivity index (χ2v) is 7.27. The fourth-order valence-corrected chi connectivity index (χ4v) is 3.92. The van der Waals surface area contributed by atoms with Gasteiger partial charge in [0.1, 0.15) is 5.75 Å². The Labute approximate surface area is 130 Å². The average molecular weight is 327 g/mol. The normalized spacial score (nSPS) is 18.6. The molecular formula is C14H21N3O4S. The Kier molecular flexibility index (Phi) is 4.92. The average Bonchev–Trinajstić information content (AvgIpc) is 2.46. The van der Waals surface area contributed by atoms with E-state index in [0.29, 0.717) is 30.1 Å². The van der Waals surface area contributed by atoms with E-state index in [9.17, 15) is 13.2 Å². The third kappa shape index (κ3) is 3.50. The molecule has 1 aromatic carbocycles. The van der Waals surface area contributed by atoms with E-state index in [1.807, 2.05) is 0 Å². The second-order valence-electron chi connectivity index (χ2n) is 5.26. The minimum atomic E-state index is -3.35. The molecule has 3 N–H and O–H groups in total. The summed E-state index contributed by atoms with van der Waals surface area (Å²) in [6.07, 6.45) is 1.45. The quantitative estimate of drug-likeness (QED) is 0.856. The van der Waals surface area contributed by atoms with E-state index < -0.39 is 16.1 Å². The maximum atomic E-state index is 12.3. The summed E-state index contributed by atoms with van der Waals surface area (Å²) in [6, 6.07) is 4.24. The Balaban J connectivity index is 2.38. The molecule has 7 nitrogen and oxygen atoms in total. The maximum absolute atomic E-state index is 12.3. The van der Waals surface area contributed by atoms with Crippen LogP contribution in [-0.4, -0.2) is 39.8 Å². The van der Waals surface area contributed by atoms with Crippen LogP contribution in [0.25, 0.3) is 0 Å². The van der Waals surface area contributed by atoms with E-state index in [2.05, 4.69) is 5.32 Å². The molecule has 0 radical (unpaired) electrons. The summed E-state index contributed by atoms with van der Waals surface area (Å²) in [5, 5.41) is 2.66. The molecule has 0 aliphatic carbocycles. The van der Waals surface area contributed by atoms with Crippen molar-refractivity contribution in [1.82, 2.24) is 0 Å². The zero-order chi connectivity index (χ0) is 16.3. The Morgan fingerprint density at radius 3 is 2.73 bits per heavy atom. The van der Waals surface area contributed by atoms with Gasteiger partial charge in [0.05, 0.1) is 24.6 Å². The van der Waals surface area contributed by atoms with E-state index in [0.717, 1.165) is 6.42 Å². The summed E-state index contributed by atoms with van der Waals surface area (Å²) in [5.74, 6) is 0.230. The zero-order valence-electron chi connectivity index (χ0n) is 12.7.